The predicted octanol–water partition coefficient (Wildman–Crippen LogP) is 1.14. The molecule has 0 aromatic heterocycles. The van der Waals surface area contributed by atoms with Gasteiger partial charge in [0.1, 0.15) is 11.5 Å². The lowest BCUT2D eigenvalue weighted by atomic mass is 10.0. The Morgan fingerprint density at radius 3 is 2.28 bits per heavy atom. The van der Waals surface area contributed by atoms with Gasteiger partial charge in [0.05, 0.1) is 25.5 Å². The van der Waals surface area contributed by atoms with Gasteiger partial charge in [-0.3, -0.25) is 0 Å². The first kappa shape index (κ1) is 14.8. The van der Waals surface area contributed by atoms with E-state index in [1.165, 1.54) is 20.5 Å². The predicted molar refractivity (Wildman–Crippen MR) is 70.8 cm³/mol. The molecule has 0 aliphatic carbocycles. The molecule has 6 heteroatoms. The number of benzene rings is 1. The molecule has 18 heavy (non-hydrogen) atoms. The third kappa shape index (κ3) is 3.14. The molecular weight excluding hydrogens is 254 g/mol. The molecule has 2 N–H and O–H groups in total. The number of sulfone groups is 1. The van der Waals surface area contributed by atoms with Crippen LogP contribution in [0.15, 0.2) is 18.2 Å². The Morgan fingerprint density at radius 1 is 1.22 bits per heavy atom. The fourth-order valence-corrected chi connectivity index (χ4v) is 2.30. The Labute approximate surface area is 108 Å². The van der Waals surface area contributed by atoms with Crippen LogP contribution in [0.1, 0.15) is 18.5 Å². The number of ether oxygens (including phenoxy) is 2. The minimum absolute atomic E-state index is 0.554. The second kappa shape index (κ2) is 5.58. The van der Waals surface area contributed by atoms with Crippen molar-refractivity contribution in [3.05, 3.63) is 23.8 Å². The highest BCUT2D eigenvalue weighted by Crippen LogP contribution is 2.31. The second-order valence-corrected chi connectivity index (χ2v) is 6.57. The molecule has 0 aliphatic heterocycles. The van der Waals surface area contributed by atoms with Gasteiger partial charge in [0.25, 0.3) is 0 Å². The van der Waals surface area contributed by atoms with Crippen molar-refractivity contribution in [2.45, 2.75) is 18.2 Å². The summed E-state index contributed by atoms with van der Waals surface area (Å²) >= 11 is 0. The van der Waals surface area contributed by atoms with Crippen LogP contribution in [0, 0.1) is 0 Å². The van der Waals surface area contributed by atoms with Crippen LogP contribution >= 0.6 is 0 Å². The first-order chi connectivity index (χ1) is 8.31. The van der Waals surface area contributed by atoms with E-state index in [0.717, 1.165) is 0 Å². The summed E-state index contributed by atoms with van der Waals surface area (Å²) in [5.74, 6) is 1.17. The number of rotatable bonds is 5. The maximum atomic E-state index is 11.5. The summed E-state index contributed by atoms with van der Waals surface area (Å²) < 4.78 is 33.4. The molecule has 0 saturated heterocycles. The summed E-state index contributed by atoms with van der Waals surface area (Å²) in [5, 5.41) is -0.696. The van der Waals surface area contributed by atoms with Crippen molar-refractivity contribution in [2.24, 2.45) is 5.73 Å². The second-order valence-electron chi connectivity index (χ2n) is 4.17. The maximum absolute atomic E-state index is 11.5. The Bertz CT molecular complexity index is 513. The summed E-state index contributed by atoms with van der Waals surface area (Å²) in [4.78, 5) is 0. The van der Waals surface area contributed by atoms with Gasteiger partial charge in [-0.05, 0) is 25.1 Å². The summed E-state index contributed by atoms with van der Waals surface area (Å²) in [6.07, 6.45) is 1.17. The molecule has 2 atom stereocenters. The minimum atomic E-state index is -3.22. The van der Waals surface area contributed by atoms with Crippen molar-refractivity contribution < 1.29 is 17.9 Å². The summed E-state index contributed by atoms with van der Waals surface area (Å²) in [6, 6.07) is 4.49. The highest BCUT2D eigenvalue weighted by molar-refractivity contribution is 7.91. The van der Waals surface area contributed by atoms with Crippen molar-refractivity contribution in [1.29, 1.82) is 0 Å². The third-order valence-electron chi connectivity index (χ3n) is 2.98. The zero-order chi connectivity index (χ0) is 13.9. The molecule has 1 aromatic rings. The van der Waals surface area contributed by atoms with Gasteiger partial charge in [-0.2, -0.15) is 0 Å². The van der Waals surface area contributed by atoms with E-state index in [4.69, 9.17) is 15.2 Å². The standard InChI is InChI=1S/C12H19NO4S/c1-8(18(4,14)15)12(13)10-7-9(16-2)5-6-11(10)17-3/h5-8,12H,13H2,1-4H3. The summed E-state index contributed by atoms with van der Waals surface area (Å²) in [5.41, 5.74) is 6.63. The number of hydrogen-bond acceptors (Lipinski definition) is 5. The highest BCUT2D eigenvalue weighted by Gasteiger charge is 2.26. The lowest BCUT2D eigenvalue weighted by molar-refractivity contribution is 0.394. The maximum Gasteiger partial charge on any atom is 0.151 e. The largest absolute Gasteiger partial charge is 0.497 e. The number of methoxy groups -OCH3 is 2. The van der Waals surface area contributed by atoms with Crippen LogP contribution in [0.3, 0.4) is 0 Å². The van der Waals surface area contributed by atoms with Gasteiger partial charge in [-0.15, -0.1) is 0 Å². The van der Waals surface area contributed by atoms with E-state index >= 15 is 0 Å². The molecule has 0 fully saturated rings. The van der Waals surface area contributed by atoms with Gasteiger partial charge >= 0.3 is 0 Å². The Kier molecular flexibility index (Phi) is 4.59. The fourth-order valence-electron chi connectivity index (χ4n) is 1.62. The van der Waals surface area contributed by atoms with Crippen LogP contribution in [0.4, 0.5) is 0 Å². The zero-order valence-corrected chi connectivity index (χ0v) is 11.8. The van der Waals surface area contributed by atoms with Crippen molar-refractivity contribution in [3.63, 3.8) is 0 Å². The molecule has 1 rings (SSSR count). The van der Waals surface area contributed by atoms with Crippen LogP contribution < -0.4 is 15.2 Å². The molecule has 0 saturated carbocycles. The lowest BCUT2D eigenvalue weighted by Gasteiger charge is -2.21. The van der Waals surface area contributed by atoms with E-state index in [1.54, 1.807) is 25.1 Å². The van der Waals surface area contributed by atoms with Gasteiger partial charge < -0.3 is 15.2 Å². The zero-order valence-electron chi connectivity index (χ0n) is 11.0. The van der Waals surface area contributed by atoms with E-state index in [2.05, 4.69) is 0 Å². The third-order valence-corrected chi connectivity index (χ3v) is 4.62. The first-order valence-corrected chi connectivity index (χ1v) is 7.43. The Balaban J connectivity index is 3.22. The molecule has 1 aromatic carbocycles. The summed E-state index contributed by atoms with van der Waals surface area (Å²) in [7, 11) is -0.160. The molecular formula is C12H19NO4S. The average Bonchev–Trinajstić information content (AvgIpc) is 2.35. The van der Waals surface area contributed by atoms with Crippen LogP contribution in [0.25, 0.3) is 0 Å². The van der Waals surface area contributed by atoms with Crippen molar-refractivity contribution in [1.82, 2.24) is 0 Å². The Hall–Kier alpha value is -1.27. The van der Waals surface area contributed by atoms with Crippen LogP contribution in [-0.2, 0) is 9.84 Å². The minimum Gasteiger partial charge on any atom is -0.497 e. The topological polar surface area (TPSA) is 78.6 Å². The molecule has 102 valence electrons. The van der Waals surface area contributed by atoms with Gasteiger partial charge in [0.2, 0.25) is 0 Å². The number of nitrogens with two attached hydrogens (primary N) is 1. The van der Waals surface area contributed by atoms with Gasteiger partial charge in [0, 0.05) is 11.8 Å². The fraction of sp³-hybridized carbons (Fsp3) is 0.500. The van der Waals surface area contributed by atoms with Gasteiger partial charge in [-0.1, -0.05) is 0 Å². The molecule has 0 bridgehead atoms. The monoisotopic (exact) mass is 273 g/mol. The summed E-state index contributed by atoms with van der Waals surface area (Å²) in [6.45, 7) is 1.58. The van der Waals surface area contributed by atoms with E-state index in [-0.39, 0.29) is 0 Å². The smallest absolute Gasteiger partial charge is 0.151 e. The van der Waals surface area contributed by atoms with Crippen molar-refractivity contribution in [2.75, 3.05) is 20.5 Å². The van der Waals surface area contributed by atoms with Crippen molar-refractivity contribution in [3.8, 4) is 11.5 Å². The van der Waals surface area contributed by atoms with Crippen LogP contribution in [-0.4, -0.2) is 34.1 Å². The van der Waals surface area contributed by atoms with Gasteiger partial charge in [0.15, 0.2) is 9.84 Å². The molecule has 0 amide bonds. The highest BCUT2D eigenvalue weighted by atomic mass is 32.2. The Morgan fingerprint density at radius 2 is 1.83 bits per heavy atom. The normalized spacial score (nSPS) is 14.9. The molecule has 5 nitrogen and oxygen atoms in total. The first-order valence-electron chi connectivity index (χ1n) is 5.47. The SMILES string of the molecule is COc1ccc(OC)c(C(N)C(C)S(C)(=O)=O)c1. The molecule has 0 spiro atoms. The van der Waals surface area contributed by atoms with Crippen molar-refractivity contribution >= 4 is 9.84 Å². The molecule has 0 heterocycles. The lowest BCUT2D eigenvalue weighted by Crippen LogP contribution is -2.30. The van der Waals surface area contributed by atoms with Crippen LogP contribution in [0.2, 0.25) is 0 Å². The molecule has 0 aliphatic rings. The van der Waals surface area contributed by atoms with E-state index in [0.29, 0.717) is 17.1 Å². The molecule has 2 unspecified atom stereocenters. The van der Waals surface area contributed by atoms with Gasteiger partial charge in [-0.25, -0.2) is 8.42 Å². The molecule has 0 radical (unpaired) electrons. The van der Waals surface area contributed by atoms with E-state index in [1.807, 2.05) is 0 Å². The van der Waals surface area contributed by atoms with Crippen LogP contribution in [0.5, 0.6) is 11.5 Å². The quantitative estimate of drug-likeness (QED) is 0.870. The average molecular weight is 273 g/mol. The van der Waals surface area contributed by atoms with E-state index in [9.17, 15) is 8.42 Å². The van der Waals surface area contributed by atoms with E-state index < -0.39 is 21.1 Å². The number of hydrogen-bond donors (Lipinski definition) is 1.